The zero-order valence-electron chi connectivity index (χ0n) is 16.2. The van der Waals surface area contributed by atoms with E-state index < -0.39 is 0 Å². The van der Waals surface area contributed by atoms with Crippen molar-refractivity contribution in [3.63, 3.8) is 0 Å². The Hall–Kier alpha value is -3.36. The van der Waals surface area contributed by atoms with Crippen LogP contribution < -0.4 is 14.4 Å². The van der Waals surface area contributed by atoms with Gasteiger partial charge in [0.2, 0.25) is 11.8 Å². The standard InChI is InChI=1S/C20H23N5O4/c1-28-16-6-4-15(5-7-16)25-12-11-24(20(25)27)14-19(26)23-10-8-17(13-23)29-18-3-2-9-21-22-18/h2-7,9,17H,8,10-14H2,1H3. The summed E-state index contributed by atoms with van der Waals surface area (Å²) in [6, 6.07) is 10.7. The number of likely N-dealkylation sites (tertiary alicyclic amines) is 1. The smallest absolute Gasteiger partial charge is 0.325 e. The number of methoxy groups -OCH3 is 1. The van der Waals surface area contributed by atoms with Gasteiger partial charge >= 0.3 is 6.03 Å². The number of hydrogen-bond donors (Lipinski definition) is 0. The molecule has 1 atom stereocenters. The van der Waals surface area contributed by atoms with Gasteiger partial charge in [-0.2, -0.15) is 5.10 Å². The van der Waals surface area contributed by atoms with Crippen LogP contribution in [0.5, 0.6) is 11.6 Å². The molecule has 0 saturated carbocycles. The number of hydrogen-bond acceptors (Lipinski definition) is 6. The van der Waals surface area contributed by atoms with Crippen molar-refractivity contribution in [3.05, 3.63) is 42.6 Å². The maximum Gasteiger partial charge on any atom is 0.325 e. The van der Waals surface area contributed by atoms with E-state index in [9.17, 15) is 9.59 Å². The van der Waals surface area contributed by atoms with E-state index in [1.54, 1.807) is 40.1 Å². The molecule has 0 bridgehead atoms. The highest BCUT2D eigenvalue weighted by atomic mass is 16.5. The molecule has 0 aliphatic carbocycles. The Morgan fingerprint density at radius 2 is 2.00 bits per heavy atom. The summed E-state index contributed by atoms with van der Waals surface area (Å²) in [6.07, 6.45) is 2.20. The fourth-order valence-electron chi connectivity index (χ4n) is 3.57. The molecule has 2 fully saturated rings. The van der Waals surface area contributed by atoms with Crippen LogP contribution in [-0.4, -0.2) is 77.9 Å². The Balaban J connectivity index is 1.30. The van der Waals surface area contributed by atoms with Crippen LogP contribution in [0, 0.1) is 0 Å². The van der Waals surface area contributed by atoms with Crippen molar-refractivity contribution in [3.8, 4) is 11.6 Å². The lowest BCUT2D eigenvalue weighted by molar-refractivity contribution is -0.130. The van der Waals surface area contributed by atoms with Crippen molar-refractivity contribution in [1.82, 2.24) is 20.0 Å². The monoisotopic (exact) mass is 397 g/mol. The van der Waals surface area contributed by atoms with Gasteiger partial charge < -0.3 is 19.3 Å². The van der Waals surface area contributed by atoms with Gasteiger partial charge in [-0.3, -0.25) is 9.69 Å². The molecule has 9 heteroatoms. The Kier molecular flexibility index (Phi) is 5.46. The molecule has 4 rings (SSSR count). The van der Waals surface area contributed by atoms with Crippen molar-refractivity contribution < 1.29 is 19.1 Å². The quantitative estimate of drug-likeness (QED) is 0.732. The van der Waals surface area contributed by atoms with Gasteiger partial charge in [0, 0.05) is 44.0 Å². The van der Waals surface area contributed by atoms with Crippen molar-refractivity contribution >= 4 is 17.6 Å². The Morgan fingerprint density at radius 3 is 2.72 bits per heavy atom. The Morgan fingerprint density at radius 1 is 1.17 bits per heavy atom. The molecule has 9 nitrogen and oxygen atoms in total. The first-order valence-corrected chi connectivity index (χ1v) is 9.56. The molecule has 2 aliphatic rings. The molecular weight excluding hydrogens is 374 g/mol. The summed E-state index contributed by atoms with van der Waals surface area (Å²) >= 11 is 0. The van der Waals surface area contributed by atoms with E-state index in [1.807, 2.05) is 24.3 Å². The summed E-state index contributed by atoms with van der Waals surface area (Å²) in [5.74, 6) is 1.12. The van der Waals surface area contributed by atoms with Crippen LogP contribution >= 0.6 is 0 Å². The highest BCUT2D eigenvalue weighted by molar-refractivity contribution is 5.96. The fraction of sp³-hybridized carbons (Fsp3) is 0.400. The fourth-order valence-corrected chi connectivity index (χ4v) is 3.57. The van der Waals surface area contributed by atoms with Gasteiger partial charge in [-0.1, -0.05) is 0 Å². The molecule has 1 aromatic heterocycles. The third-order valence-electron chi connectivity index (χ3n) is 5.14. The van der Waals surface area contributed by atoms with Gasteiger partial charge in [0.1, 0.15) is 18.4 Å². The number of urea groups is 1. The minimum atomic E-state index is -0.157. The third kappa shape index (κ3) is 4.23. The van der Waals surface area contributed by atoms with Crippen molar-refractivity contribution in [2.24, 2.45) is 0 Å². The summed E-state index contributed by atoms with van der Waals surface area (Å²) in [7, 11) is 1.60. The maximum atomic E-state index is 12.7. The molecule has 3 amide bonds. The zero-order chi connectivity index (χ0) is 20.2. The summed E-state index contributed by atoms with van der Waals surface area (Å²) in [6.45, 7) is 2.23. The molecule has 0 spiro atoms. The van der Waals surface area contributed by atoms with Crippen molar-refractivity contribution in [2.75, 3.05) is 44.7 Å². The van der Waals surface area contributed by atoms with Crippen LogP contribution in [0.3, 0.4) is 0 Å². The van der Waals surface area contributed by atoms with Gasteiger partial charge in [-0.15, -0.1) is 5.10 Å². The summed E-state index contributed by atoms with van der Waals surface area (Å²) in [5, 5.41) is 7.70. The number of aromatic nitrogens is 2. The van der Waals surface area contributed by atoms with Crippen LogP contribution in [0.1, 0.15) is 6.42 Å². The maximum absolute atomic E-state index is 12.7. The first-order chi connectivity index (χ1) is 14.1. The van der Waals surface area contributed by atoms with E-state index >= 15 is 0 Å². The van der Waals surface area contributed by atoms with E-state index in [4.69, 9.17) is 9.47 Å². The van der Waals surface area contributed by atoms with Gasteiger partial charge in [-0.05, 0) is 30.3 Å². The second kappa shape index (κ2) is 8.34. The normalized spacial score (nSPS) is 19.0. The summed E-state index contributed by atoms with van der Waals surface area (Å²) < 4.78 is 10.9. The van der Waals surface area contributed by atoms with Gasteiger partial charge in [-0.25, -0.2) is 4.79 Å². The van der Waals surface area contributed by atoms with E-state index in [1.165, 1.54) is 0 Å². The van der Waals surface area contributed by atoms with Crippen molar-refractivity contribution in [1.29, 1.82) is 0 Å². The SMILES string of the molecule is COc1ccc(N2CCN(CC(=O)N3CCC(Oc4cccnn4)C3)C2=O)cc1. The number of amides is 3. The predicted molar refractivity (Wildman–Crippen MR) is 105 cm³/mol. The lowest BCUT2D eigenvalue weighted by atomic mass is 10.3. The molecule has 2 aromatic rings. The molecule has 0 radical (unpaired) electrons. The number of ether oxygens (including phenoxy) is 2. The first-order valence-electron chi connectivity index (χ1n) is 9.56. The first kappa shape index (κ1) is 19.0. The Bertz CT molecular complexity index is 861. The molecule has 29 heavy (non-hydrogen) atoms. The van der Waals surface area contributed by atoms with Gasteiger partial charge in [0.15, 0.2) is 0 Å². The van der Waals surface area contributed by atoms with E-state index in [2.05, 4.69) is 10.2 Å². The molecule has 1 aromatic carbocycles. The van der Waals surface area contributed by atoms with Crippen LogP contribution in [0.25, 0.3) is 0 Å². The van der Waals surface area contributed by atoms with Gasteiger partial charge in [0.05, 0.1) is 13.7 Å². The molecular formula is C20H23N5O4. The number of rotatable bonds is 6. The highest BCUT2D eigenvalue weighted by Gasteiger charge is 2.34. The number of nitrogens with zero attached hydrogens (tertiary/aromatic N) is 5. The minimum absolute atomic E-state index is 0.0693. The predicted octanol–water partition coefficient (Wildman–Crippen LogP) is 1.41. The van der Waals surface area contributed by atoms with Crippen molar-refractivity contribution in [2.45, 2.75) is 12.5 Å². The molecule has 3 heterocycles. The zero-order valence-corrected chi connectivity index (χ0v) is 16.2. The van der Waals surface area contributed by atoms with Crippen LogP contribution in [0.2, 0.25) is 0 Å². The molecule has 2 aliphatic heterocycles. The lowest BCUT2D eigenvalue weighted by Gasteiger charge is -2.22. The third-order valence-corrected chi connectivity index (χ3v) is 5.14. The second-order valence-corrected chi connectivity index (χ2v) is 6.98. The van der Waals surface area contributed by atoms with Crippen LogP contribution in [-0.2, 0) is 4.79 Å². The van der Waals surface area contributed by atoms with Crippen LogP contribution in [0.4, 0.5) is 10.5 Å². The average Bonchev–Trinajstić information content (AvgIpc) is 3.36. The van der Waals surface area contributed by atoms with E-state index in [0.717, 1.165) is 17.9 Å². The number of carbonyl (C=O) groups is 2. The van der Waals surface area contributed by atoms with Gasteiger partial charge in [0.25, 0.3) is 0 Å². The Labute approximate surface area is 168 Å². The molecule has 152 valence electrons. The topological polar surface area (TPSA) is 88.1 Å². The lowest BCUT2D eigenvalue weighted by Crippen LogP contribution is -2.42. The van der Waals surface area contributed by atoms with E-state index in [0.29, 0.717) is 32.1 Å². The molecule has 1 unspecified atom stereocenters. The summed E-state index contributed by atoms with van der Waals surface area (Å²) in [5.41, 5.74) is 0.796. The largest absolute Gasteiger partial charge is 0.497 e. The number of anilines is 1. The van der Waals surface area contributed by atoms with E-state index in [-0.39, 0.29) is 24.6 Å². The summed E-state index contributed by atoms with van der Waals surface area (Å²) in [4.78, 5) is 30.4. The molecule has 0 N–H and O–H groups in total. The molecule has 2 saturated heterocycles. The second-order valence-electron chi connectivity index (χ2n) is 6.98. The number of benzene rings is 1. The minimum Gasteiger partial charge on any atom is -0.497 e. The highest BCUT2D eigenvalue weighted by Crippen LogP contribution is 2.23. The van der Waals surface area contributed by atoms with Crippen LogP contribution in [0.15, 0.2) is 42.6 Å². The average molecular weight is 397 g/mol. The number of carbonyl (C=O) groups excluding carboxylic acids is 2.